The first-order valence-corrected chi connectivity index (χ1v) is 12.6. The fourth-order valence-electron chi connectivity index (χ4n) is 3.16. The molecule has 0 heterocycles. The van der Waals surface area contributed by atoms with E-state index in [-0.39, 0.29) is 18.3 Å². The third-order valence-electron chi connectivity index (χ3n) is 5.57. The summed E-state index contributed by atoms with van der Waals surface area (Å²) in [5, 5.41) is 2.82. The highest BCUT2D eigenvalue weighted by atomic mass is 32.2. The Hall–Kier alpha value is -3.05. The fraction of sp³-hybridized carbons (Fsp3) is 0.417. The molecule has 2 amide bonds. The Morgan fingerprint density at radius 3 is 1.94 bits per heavy atom. The molecule has 35 heavy (non-hydrogen) atoms. The third-order valence-corrected chi connectivity index (χ3v) is 7.39. The van der Waals surface area contributed by atoms with Gasteiger partial charge in [-0.25, -0.2) is 13.1 Å². The topological polar surface area (TPSA) is 90.0 Å². The summed E-state index contributed by atoms with van der Waals surface area (Å²) in [6.07, 6.45) is 0.684. The number of carbonyl (C=O) groups excluding carboxylic acids is 2. The molecule has 0 spiro atoms. The molecule has 0 fully saturated rings. The van der Waals surface area contributed by atoms with E-state index >= 15 is 0 Å². The summed E-state index contributed by atoms with van der Waals surface area (Å²) < 4.78 is 54.7. The molecule has 0 saturated carbocycles. The largest absolute Gasteiger partial charge is 0.352 e. The van der Waals surface area contributed by atoms with E-state index in [1.807, 2.05) is 13.8 Å². The summed E-state index contributed by atoms with van der Waals surface area (Å²) in [6.45, 7) is 4.60. The Kier molecular flexibility index (Phi) is 9.73. The second kappa shape index (κ2) is 12.1. The van der Waals surface area contributed by atoms with Gasteiger partial charge in [-0.05, 0) is 62.2 Å². The smallest absolute Gasteiger partial charge is 0.304 e. The van der Waals surface area contributed by atoms with Crippen LogP contribution in [0.3, 0.4) is 0 Å². The van der Waals surface area contributed by atoms with E-state index in [0.717, 1.165) is 20.7 Å². The van der Waals surface area contributed by atoms with Crippen molar-refractivity contribution in [3.8, 4) is 0 Å². The van der Waals surface area contributed by atoms with Gasteiger partial charge >= 0.3 is 10.2 Å². The van der Waals surface area contributed by atoms with Crippen LogP contribution in [0.2, 0.25) is 0 Å². The number of halogens is 2. The van der Waals surface area contributed by atoms with Gasteiger partial charge < -0.3 is 10.2 Å². The molecule has 1 N–H and O–H groups in total. The molecule has 192 valence electrons. The molecule has 2 unspecified atom stereocenters. The number of nitrogens with zero attached hydrogens (tertiary/aromatic N) is 3. The molecule has 0 aliphatic rings. The summed E-state index contributed by atoms with van der Waals surface area (Å²) in [5.74, 6) is -2.07. The average Bonchev–Trinajstić information content (AvgIpc) is 2.81. The van der Waals surface area contributed by atoms with Crippen molar-refractivity contribution in [2.75, 3.05) is 24.9 Å². The lowest BCUT2D eigenvalue weighted by atomic mass is 10.1. The minimum absolute atomic E-state index is 0.0481. The van der Waals surface area contributed by atoms with Crippen molar-refractivity contribution < 1.29 is 26.8 Å². The molecule has 0 aliphatic heterocycles. The zero-order valence-electron chi connectivity index (χ0n) is 20.5. The molecular formula is C24H32F2N4O4S. The minimum Gasteiger partial charge on any atom is -0.352 e. The van der Waals surface area contributed by atoms with Crippen molar-refractivity contribution in [1.82, 2.24) is 14.5 Å². The van der Waals surface area contributed by atoms with Crippen LogP contribution in [0.1, 0.15) is 32.8 Å². The van der Waals surface area contributed by atoms with Crippen molar-refractivity contribution in [3.05, 3.63) is 65.7 Å². The molecule has 0 aliphatic carbocycles. The molecule has 8 nitrogen and oxygen atoms in total. The molecule has 0 saturated heterocycles. The summed E-state index contributed by atoms with van der Waals surface area (Å²) in [4.78, 5) is 27.6. The molecule has 2 aromatic carbocycles. The van der Waals surface area contributed by atoms with Gasteiger partial charge in [-0.1, -0.05) is 19.1 Å². The Morgan fingerprint density at radius 1 is 0.943 bits per heavy atom. The molecule has 11 heteroatoms. The summed E-state index contributed by atoms with van der Waals surface area (Å²) in [5.41, 5.74) is 0.652. The van der Waals surface area contributed by atoms with Gasteiger partial charge in [0.25, 0.3) is 0 Å². The van der Waals surface area contributed by atoms with Gasteiger partial charge in [-0.2, -0.15) is 12.7 Å². The van der Waals surface area contributed by atoms with Crippen LogP contribution in [0.15, 0.2) is 48.5 Å². The van der Waals surface area contributed by atoms with Gasteiger partial charge in [0.2, 0.25) is 11.8 Å². The fourth-order valence-corrected chi connectivity index (χ4v) is 4.21. The normalized spacial score (nSPS) is 13.3. The number of nitrogens with one attached hydrogen (secondary N) is 1. The van der Waals surface area contributed by atoms with Crippen LogP contribution in [0.25, 0.3) is 0 Å². The van der Waals surface area contributed by atoms with Crippen LogP contribution >= 0.6 is 0 Å². The van der Waals surface area contributed by atoms with Crippen LogP contribution in [0.4, 0.5) is 14.5 Å². The van der Waals surface area contributed by atoms with Gasteiger partial charge in [0.1, 0.15) is 24.2 Å². The predicted octanol–water partition coefficient (Wildman–Crippen LogP) is 2.91. The molecule has 0 bridgehead atoms. The highest BCUT2D eigenvalue weighted by molar-refractivity contribution is 7.90. The van der Waals surface area contributed by atoms with Crippen molar-refractivity contribution >= 4 is 27.7 Å². The minimum atomic E-state index is -4.13. The maximum Gasteiger partial charge on any atom is 0.304 e. The first-order chi connectivity index (χ1) is 16.4. The van der Waals surface area contributed by atoms with E-state index in [1.165, 1.54) is 55.4 Å². The van der Waals surface area contributed by atoms with Gasteiger partial charge in [0.05, 0.1) is 5.69 Å². The quantitative estimate of drug-likeness (QED) is 0.503. The van der Waals surface area contributed by atoms with Gasteiger partial charge in [-0.15, -0.1) is 0 Å². The summed E-state index contributed by atoms with van der Waals surface area (Å²) in [6, 6.07) is 9.09. The van der Waals surface area contributed by atoms with Gasteiger partial charge in [0.15, 0.2) is 0 Å². The lowest BCUT2D eigenvalue weighted by Crippen LogP contribution is -2.53. The summed E-state index contributed by atoms with van der Waals surface area (Å²) >= 11 is 0. The monoisotopic (exact) mass is 510 g/mol. The van der Waals surface area contributed by atoms with Crippen molar-refractivity contribution in [2.24, 2.45) is 0 Å². The summed E-state index contributed by atoms with van der Waals surface area (Å²) in [7, 11) is -1.51. The maximum atomic E-state index is 13.5. The molecule has 2 rings (SSSR count). The Balaban J connectivity index is 2.43. The van der Waals surface area contributed by atoms with Crippen LogP contribution in [-0.4, -0.2) is 62.2 Å². The first-order valence-electron chi connectivity index (χ1n) is 11.2. The van der Waals surface area contributed by atoms with E-state index in [1.54, 1.807) is 6.92 Å². The molecule has 0 aromatic heterocycles. The van der Waals surface area contributed by atoms with Crippen LogP contribution in [-0.2, 0) is 26.3 Å². The van der Waals surface area contributed by atoms with E-state index in [0.29, 0.717) is 12.0 Å². The maximum absolute atomic E-state index is 13.5. The number of carbonyl (C=O) groups is 2. The highest BCUT2D eigenvalue weighted by Crippen LogP contribution is 2.21. The number of amides is 2. The third kappa shape index (κ3) is 7.46. The predicted molar refractivity (Wildman–Crippen MR) is 131 cm³/mol. The Labute approximate surface area is 205 Å². The van der Waals surface area contributed by atoms with E-state index in [2.05, 4.69) is 5.32 Å². The van der Waals surface area contributed by atoms with E-state index < -0.39 is 46.2 Å². The molecule has 2 atom stereocenters. The number of rotatable bonds is 11. The Bertz CT molecular complexity index is 1110. The number of benzene rings is 2. The van der Waals surface area contributed by atoms with Gasteiger partial charge in [-0.3, -0.25) is 9.59 Å². The second-order valence-electron chi connectivity index (χ2n) is 8.42. The number of anilines is 1. The molecule has 0 radical (unpaired) electrons. The van der Waals surface area contributed by atoms with E-state index in [4.69, 9.17) is 0 Å². The zero-order chi connectivity index (χ0) is 26.3. The van der Waals surface area contributed by atoms with Crippen molar-refractivity contribution in [1.29, 1.82) is 0 Å². The lowest BCUT2D eigenvalue weighted by molar-refractivity contribution is -0.139. The SMILES string of the molecule is CCC(C)NC(=O)C(C)N(Cc1ccc(F)cc1)C(=O)CN(c1ccc(F)cc1)S(=O)(=O)N(C)C. The van der Waals surface area contributed by atoms with E-state index in [9.17, 15) is 26.8 Å². The average molecular weight is 511 g/mol. The second-order valence-corrected chi connectivity index (χ2v) is 10.5. The molecule has 2 aromatic rings. The standard InChI is InChI=1S/C24H32F2N4O4S/c1-6-17(2)27-24(32)18(3)29(15-19-7-9-20(25)10-8-19)23(31)16-30(35(33,34)28(4)5)22-13-11-21(26)12-14-22/h7-14,17-18H,6,15-16H2,1-5H3,(H,27,32). The lowest BCUT2D eigenvalue weighted by Gasteiger charge is -2.33. The molecular weight excluding hydrogens is 478 g/mol. The van der Waals surface area contributed by atoms with Crippen LogP contribution in [0.5, 0.6) is 0 Å². The highest BCUT2D eigenvalue weighted by Gasteiger charge is 2.32. The zero-order valence-corrected chi connectivity index (χ0v) is 21.4. The first kappa shape index (κ1) is 28.2. The van der Waals surface area contributed by atoms with Gasteiger partial charge in [0, 0.05) is 26.7 Å². The van der Waals surface area contributed by atoms with Crippen molar-refractivity contribution in [2.45, 2.75) is 45.8 Å². The van der Waals surface area contributed by atoms with Crippen LogP contribution < -0.4 is 9.62 Å². The number of hydrogen-bond acceptors (Lipinski definition) is 4. The Morgan fingerprint density at radius 2 is 1.46 bits per heavy atom. The van der Waals surface area contributed by atoms with Crippen molar-refractivity contribution in [3.63, 3.8) is 0 Å². The number of hydrogen-bond donors (Lipinski definition) is 1. The van der Waals surface area contributed by atoms with Crippen LogP contribution in [0, 0.1) is 11.6 Å².